The largest absolute Gasteiger partial charge is 0.333 e. The summed E-state index contributed by atoms with van der Waals surface area (Å²) in [6.45, 7) is 1.87. The maximum atomic E-state index is 13.8. The van der Waals surface area contributed by atoms with Crippen LogP contribution in [-0.4, -0.2) is 30.4 Å². The molecule has 0 saturated carbocycles. The normalized spacial score (nSPS) is 17.6. The number of carbonyl (C=O) groups is 1. The molecule has 1 saturated heterocycles. The highest BCUT2D eigenvalue weighted by molar-refractivity contribution is 6.31. The molecular weight excluding hydrogens is 346 g/mol. The molecule has 1 aliphatic rings. The molecule has 25 heavy (non-hydrogen) atoms. The zero-order valence-corrected chi connectivity index (χ0v) is 14.4. The molecule has 1 heterocycles. The number of halogens is 3. The summed E-state index contributed by atoms with van der Waals surface area (Å²) in [4.78, 5) is 14.5. The predicted molar refractivity (Wildman–Crippen MR) is 93.5 cm³/mol. The fourth-order valence-electron chi connectivity index (χ4n) is 3.15. The molecular formula is C19H19ClF2N2O. The average molecular weight is 365 g/mol. The summed E-state index contributed by atoms with van der Waals surface area (Å²) < 4.78 is 27.1. The molecule has 1 unspecified atom stereocenters. The lowest BCUT2D eigenvalue weighted by Gasteiger charge is -2.37. The van der Waals surface area contributed by atoms with Gasteiger partial charge in [-0.25, -0.2) is 8.78 Å². The minimum absolute atomic E-state index is 0.0879. The lowest BCUT2D eigenvalue weighted by molar-refractivity contribution is -0.134. The molecule has 3 nitrogen and oxygen atoms in total. The van der Waals surface area contributed by atoms with Crippen molar-refractivity contribution in [2.24, 2.45) is 0 Å². The summed E-state index contributed by atoms with van der Waals surface area (Å²) in [5, 5.41) is 3.89. The van der Waals surface area contributed by atoms with Gasteiger partial charge in [0.25, 0.3) is 0 Å². The van der Waals surface area contributed by atoms with Gasteiger partial charge in [0.2, 0.25) is 5.91 Å². The van der Waals surface area contributed by atoms with Gasteiger partial charge in [-0.3, -0.25) is 4.79 Å². The summed E-state index contributed by atoms with van der Waals surface area (Å²) in [6, 6.07) is 11.3. The first-order valence-corrected chi connectivity index (χ1v) is 8.63. The number of rotatable bonds is 4. The second kappa shape index (κ2) is 7.93. The second-order valence-electron chi connectivity index (χ2n) is 6.04. The fourth-order valence-corrected chi connectivity index (χ4v) is 3.41. The molecule has 132 valence electrons. The molecule has 1 amide bonds. The Morgan fingerprint density at radius 2 is 2.00 bits per heavy atom. The van der Waals surface area contributed by atoms with E-state index >= 15 is 0 Å². The molecule has 1 aliphatic heterocycles. The molecule has 6 heteroatoms. The van der Waals surface area contributed by atoms with Crippen LogP contribution in [0, 0.1) is 11.6 Å². The Bertz CT molecular complexity index is 769. The van der Waals surface area contributed by atoms with Crippen LogP contribution in [0.5, 0.6) is 0 Å². The highest BCUT2D eigenvalue weighted by atomic mass is 35.5. The van der Waals surface area contributed by atoms with Gasteiger partial charge in [-0.1, -0.05) is 41.9 Å². The van der Waals surface area contributed by atoms with Crippen molar-refractivity contribution >= 4 is 17.5 Å². The van der Waals surface area contributed by atoms with Crippen LogP contribution in [0.4, 0.5) is 8.78 Å². The molecule has 1 fully saturated rings. The molecule has 2 aromatic carbocycles. The van der Waals surface area contributed by atoms with Gasteiger partial charge in [0.1, 0.15) is 0 Å². The van der Waals surface area contributed by atoms with Crippen LogP contribution < -0.4 is 5.32 Å². The van der Waals surface area contributed by atoms with Gasteiger partial charge in [-0.05, 0) is 29.7 Å². The number of hydrogen-bond acceptors (Lipinski definition) is 2. The summed E-state index contributed by atoms with van der Waals surface area (Å²) >= 11 is 6.28. The van der Waals surface area contributed by atoms with Gasteiger partial charge in [-0.15, -0.1) is 0 Å². The zero-order valence-electron chi connectivity index (χ0n) is 13.6. The first-order valence-electron chi connectivity index (χ1n) is 8.25. The topological polar surface area (TPSA) is 32.3 Å². The second-order valence-corrected chi connectivity index (χ2v) is 6.45. The molecule has 0 spiro atoms. The Hall–Kier alpha value is -1.98. The van der Waals surface area contributed by atoms with Crippen LogP contribution in [0.15, 0.2) is 42.5 Å². The molecule has 1 atom stereocenters. The molecule has 2 aromatic rings. The van der Waals surface area contributed by atoms with E-state index in [1.165, 1.54) is 12.1 Å². The molecule has 1 N–H and O–H groups in total. The first-order chi connectivity index (χ1) is 12.1. The lowest BCUT2D eigenvalue weighted by atomic mass is 10.0. The van der Waals surface area contributed by atoms with Gasteiger partial charge in [0.15, 0.2) is 11.6 Å². The Balaban J connectivity index is 1.73. The van der Waals surface area contributed by atoms with Gasteiger partial charge in [0, 0.05) is 31.1 Å². The Labute approximate surface area is 150 Å². The van der Waals surface area contributed by atoms with Crippen LogP contribution >= 0.6 is 11.6 Å². The van der Waals surface area contributed by atoms with Crippen LogP contribution in [-0.2, 0) is 11.2 Å². The highest BCUT2D eigenvalue weighted by Crippen LogP contribution is 2.29. The van der Waals surface area contributed by atoms with Crippen molar-refractivity contribution in [3.8, 4) is 0 Å². The maximum absolute atomic E-state index is 13.8. The fraction of sp³-hybridized carbons (Fsp3) is 0.316. The van der Waals surface area contributed by atoms with Crippen molar-refractivity contribution in [2.75, 3.05) is 19.6 Å². The third-order valence-corrected chi connectivity index (χ3v) is 4.81. The van der Waals surface area contributed by atoms with Crippen LogP contribution in [0.25, 0.3) is 0 Å². The third kappa shape index (κ3) is 3.99. The molecule has 0 radical (unpaired) electrons. The van der Waals surface area contributed by atoms with E-state index in [0.29, 0.717) is 24.7 Å². The van der Waals surface area contributed by atoms with E-state index in [2.05, 4.69) is 5.32 Å². The Morgan fingerprint density at radius 3 is 2.80 bits per heavy atom. The highest BCUT2D eigenvalue weighted by Gasteiger charge is 2.29. The van der Waals surface area contributed by atoms with Crippen LogP contribution in [0.3, 0.4) is 0 Å². The average Bonchev–Trinajstić information content (AvgIpc) is 2.63. The van der Waals surface area contributed by atoms with Gasteiger partial charge >= 0.3 is 0 Å². The van der Waals surface area contributed by atoms with E-state index in [9.17, 15) is 13.6 Å². The number of benzene rings is 2. The van der Waals surface area contributed by atoms with E-state index in [-0.39, 0.29) is 30.4 Å². The predicted octanol–water partition coefficient (Wildman–Crippen LogP) is 3.72. The van der Waals surface area contributed by atoms with E-state index in [1.807, 2.05) is 18.2 Å². The number of amides is 1. The number of nitrogens with zero attached hydrogens (tertiary/aromatic N) is 1. The van der Waals surface area contributed by atoms with Crippen molar-refractivity contribution in [1.82, 2.24) is 10.2 Å². The standard InChI is InChI=1S/C19H19ClF2N2O/c20-15-6-2-1-5-14(15)17-12-23-10-11-24(17)18(25)9-8-13-4-3-7-16(21)19(13)22/h1-7,17,23H,8-12H2. The van der Waals surface area contributed by atoms with Crippen molar-refractivity contribution in [2.45, 2.75) is 18.9 Å². The minimum Gasteiger partial charge on any atom is -0.333 e. The number of nitrogens with one attached hydrogen (secondary N) is 1. The number of piperazine rings is 1. The number of carbonyl (C=O) groups excluding carboxylic acids is 1. The summed E-state index contributed by atoms with van der Waals surface area (Å²) in [7, 11) is 0. The van der Waals surface area contributed by atoms with Gasteiger partial charge in [-0.2, -0.15) is 0 Å². The van der Waals surface area contributed by atoms with Crippen molar-refractivity contribution in [3.05, 3.63) is 70.2 Å². The van der Waals surface area contributed by atoms with Gasteiger partial charge in [0.05, 0.1) is 6.04 Å². The lowest BCUT2D eigenvalue weighted by Crippen LogP contribution is -2.48. The third-order valence-electron chi connectivity index (χ3n) is 4.47. The molecule has 0 aromatic heterocycles. The SMILES string of the molecule is O=C(CCc1cccc(F)c1F)N1CCNCC1c1ccccc1Cl. The smallest absolute Gasteiger partial charge is 0.223 e. The summed E-state index contributed by atoms with van der Waals surface area (Å²) in [5.41, 5.74) is 1.11. The minimum atomic E-state index is -0.888. The van der Waals surface area contributed by atoms with Crippen LogP contribution in [0.1, 0.15) is 23.6 Å². The monoisotopic (exact) mass is 364 g/mol. The molecule has 0 bridgehead atoms. The van der Waals surface area contributed by atoms with Crippen molar-refractivity contribution < 1.29 is 13.6 Å². The van der Waals surface area contributed by atoms with Crippen LogP contribution in [0.2, 0.25) is 5.02 Å². The molecule has 3 rings (SSSR count). The van der Waals surface area contributed by atoms with E-state index in [4.69, 9.17) is 11.6 Å². The van der Waals surface area contributed by atoms with E-state index < -0.39 is 11.6 Å². The summed E-state index contributed by atoms with van der Waals surface area (Å²) in [5.74, 6) is -1.85. The number of hydrogen-bond donors (Lipinski definition) is 1. The Kier molecular flexibility index (Phi) is 5.66. The van der Waals surface area contributed by atoms with E-state index in [1.54, 1.807) is 11.0 Å². The van der Waals surface area contributed by atoms with Crippen molar-refractivity contribution in [3.63, 3.8) is 0 Å². The maximum Gasteiger partial charge on any atom is 0.223 e. The van der Waals surface area contributed by atoms with Gasteiger partial charge < -0.3 is 10.2 Å². The summed E-state index contributed by atoms with van der Waals surface area (Å²) in [6.07, 6.45) is 0.295. The molecule has 0 aliphatic carbocycles. The zero-order chi connectivity index (χ0) is 17.8. The van der Waals surface area contributed by atoms with Crippen molar-refractivity contribution in [1.29, 1.82) is 0 Å². The van der Waals surface area contributed by atoms with E-state index in [0.717, 1.165) is 11.6 Å². The quantitative estimate of drug-likeness (QED) is 0.896. The Morgan fingerprint density at radius 1 is 1.20 bits per heavy atom. The number of aryl methyl sites for hydroxylation is 1. The first kappa shape index (κ1) is 17.8.